The standard InChI is InChI=1S/C20H22F2N2O5/c1-24(10-14-4-6-16(29-20(21)22)17(8-14)26-2)11-19(25)23-9-13-3-5-15-18(7-13)28-12-27-15/h3-8,20H,9-12H2,1-2H3,(H,23,25)/p+1. The quantitative estimate of drug-likeness (QED) is 0.655. The van der Waals surface area contributed by atoms with E-state index in [1.54, 1.807) is 12.1 Å². The summed E-state index contributed by atoms with van der Waals surface area (Å²) in [6.45, 7) is -1.56. The van der Waals surface area contributed by atoms with Crippen LogP contribution in [-0.4, -0.2) is 40.0 Å². The van der Waals surface area contributed by atoms with E-state index in [9.17, 15) is 13.6 Å². The van der Waals surface area contributed by atoms with Gasteiger partial charge in [0.05, 0.1) is 14.2 Å². The predicted molar refractivity (Wildman–Crippen MR) is 99.5 cm³/mol. The molecule has 1 amide bonds. The van der Waals surface area contributed by atoms with E-state index in [-0.39, 0.29) is 30.7 Å². The molecule has 1 aliphatic rings. The molecule has 1 atom stereocenters. The van der Waals surface area contributed by atoms with Gasteiger partial charge in [0, 0.05) is 12.1 Å². The van der Waals surface area contributed by atoms with E-state index >= 15 is 0 Å². The summed E-state index contributed by atoms with van der Waals surface area (Å²) < 4.78 is 44.9. The molecule has 2 N–H and O–H groups in total. The van der Waals surface area contributed by atoms with Crippen LogP contribution in [0.5, 0.6) is 23.0 Å². The minimum absolute atomic E-state index is 0.0228. The molecule has 156 valence electrons. The van der Waals surface area contributed by atoms with Crippen LogP contribution in [0.4, 0.5) is 8.78 Å². The number of rotatable bonds is 9. The molecule has 0 fully saturated rings. The van der Waals surface area contributed by atoms with Crippen molar-refractivity contribution in [1.82, 2.24) is 5.32 Å². The molecule has 0 radical (unpaired) electrons. The summed E-state index contributed by atoms with van der Waals surface area (Å²) >= 11 is 0. The van der Waals surface area contributed by atoms with Gasteiger partial charge in [-0.3, -0.25) is 4.79 Å². The van der Waals surface area contributed by atoms with Crippen LogP contribution >= 0.6 is 0 Å². The number of carbonyl (C=O) groups is 1. The van der Waals surface area contributed by atoms with Crippen molar-refractivity contribution >= 4 is 5.91 Å². The van der Waals surface area contributed by atoms with Gasteiger partial charge in [-0.1, -0.05) is 6.07 Å². The Morgan fingerprint density at radius 2 is 1.90 bits per heavy atom. The van der Waals surface area contributed by atoms with Gasteiger partial charge in [-0.2, -0.15) is 8.78 Å². The van der Waals surface area contributed by atoms with Crippen LogP contribution in [0.15, 0.2) is 36.4 Å². The minimum Gasteiger partial charge on any atom is -0.493 e. The van der Waals surface area contributed by atoms with Crippen LogP contribution in [0, 0.1) is 0 Å². The second-order valence-electron chi connectivity index (χ2n) is 6.64. The first-order valence-corrected chi connectivity index (χ1v) is 9.03. The summed E-state index contributed by atoms with van der Waals surface area (Å²) in [5, 5.41) is 2.88. The lowest BCUT2D eigenvalue weighted by Crippen LogP contribution is -3.08. The van der Waals surface area contributed by atoms with Gasteiger partial charge in [-0.15, -0.1) is 0 Å². The first-order chi connectivity index (χ1) is 13.9. The van der Waals surface area contributed by atoms with Crippen LogP contribution in [-0.2, 0) is 17.9 Å². The Morgan fingerprint density at radius 1 is 1.14 bits per heavy atom. The van der Waals surface area contributed by atoms with Crippen LogP contribution in [0.3, 0.4) is 0 Å². The van der Waals surface area contributed by atoms with Gasteiger partial charge in [0.15, 0.2) is 29.5 Å². The molecule has 7 nitrogen and oxygen atoms in total. The molecular weight excluding hydrogens is 386 g/mol. The maximum Gasteiger partial charge on any atom is 0.387 e. The molecule has 0 bridgehead atoms. The van der Waals surface area contributed by atoms with Crippen molar-refractivity contribution < 1.29 is 37.4 Å². The van der Waals surface area contributed by atoms with Gasteiger partial charge in [-0.25, -0.2) is 0 Å². The number of hydrogen-bond donors (Lipinski definition) is 2. The average molecular weight is 409 g/mol. The molecule has 0 aliphatic carbocycles. The number of carbonyl (C=O) groups excluding carboxylic acids is 1. The lowest BCUT2D eigenvalue weighted by Gasteiger charge is -2.16. The number of fused-ring (bicyclic) bond motifs is 1. The van der Waals surface area contributed by atoms with Crippen molar-refractivity contribution in [2.45, 2.75) is 19.7 Å². The van der Waals surface area contributed by atoms with Crippen molar-refractivity contribution in [2.24, 2.45) is 0 Å². The van der Waals surface area contributed by atoms with Crippen LogP contribution in [0.1, 0.15) is 11.1 Å². The highest BCUT2D eigenvalue weighted by Crippen LogP contribution is 2.32. The van der Waals surface area contributed by atoms with E-state index in [2.05, 4.69) is 10.1 Å². The van der Waals surface area contributed by atoms with E-state index in [0.29, 0.717) is 24.6 Å². The Labute approximate surface area is 167 Å². The van der Waals surface area contributed by atoms with E-state index in [0.717, 1.165) is 16.0 Å². The average Bonchev–Trinajstić information content (AvgIpc) is 3.15. The second-order valence-corrected chi connectivity index (χ2v) is 6.64. The Hall–Kier alpha value is -3.07. The van der Waals surface area contributed by atoms with Gasteiger partial charge < -0.3 is 29.2 Å². The zero-order valence-electron chi connectivity index (χ0n) is 16.2. The Balaban J connectivity index is 1.49. The molecule has 0 aromatic heterocycles. The first kappa shape index (κ1) is 20.7. The molecule has 0 spiro atoms. The number of alkyl halides is 2. The van der Waals surface area contributed by atoms with Crippen molar-refractivity contribution in [2.75, 3.05) is 27.5 Å². The fourth-order valence-corrected chi connectivity index (χ4v) is 3.01. The third-order valence-corrected chi connectivity index (χ3v) is 4.34. The van der Waals surface area contributed by atoms with Gasteiger partial charge in [0.1, 0.15) is 6.54 Å². The lowest BCUT2D eigenvalue weighted by atomic mass is 10.2. The summed E-state index contributed by atoms with van der Waals surface area (Å²) in [7, 11) is 3.26. The number of methoxy groups -OCH3 is 1. The Morgan fingerprint density at radius 3 is 2.66 bits per heavy atom. The maximum absolute atomic E-state index is 12.4. The number of likely N-dealkylation sites (N-methyl/N-ethyl adjacent to an activating group) is 1. The minimum atomic E-state index is -2.92. The van der Waals surface area contributed by atoms with Crippen molar-refractivity contribution in [3.05, 3.63) is 47.5 Å². The molecule has 1 aliphatic heterocycles. The highest BCUT2D eigenvalue weighted by Gasteiger charge is 2.16. The smallest absolute Gasteiger partial charge is 0.387 e. The monoisotopic (exact) mass is 409 g/mol. The number of hydrogen-bond acceptors (Lipinski definition) is 5. The Kier molecular flexibility index (Phi) is 6.71. The molecule has 3 rings (SSSR count). The van der Waals surface area contributed by atoms with Gasteiger partial charge >= 0.3 is 6.61 Å². The normalized spacial score (nSPS) is 13.3. The van der Waals surface area contributed by atoms with E-state index < -0.39 is 6.61 Å². The zero-order valence-corrected chi connectivity index (χ0v) is 16.2. The lowest BCUT2D eigenvalue weighted by molar-refractivity contribution is -0.885. The van der Waals surface area contributed by atoms with Crippen LogP contribution in [0.25, 0.3) is 0 Å². The topological polar surface area (TPSA) is 70.5 Å². The molecule has 2 aromatic carbocycles. The number of nitrogens with one attached hydrogen (secondary N) is 2. The SMILES string of the molecule is COc1cc(C[NH+](C)CC(=O)NCc2ccc3c(c2)OCO3)ccc1OC(F)F. The summed E-state index contributed by atoms with van der Waals surface area (Å²) in [5.41, 5.74) is 1.75. The molecule has 1 heterocycles. The highest BCUT2D eigenvalue weighted by atomic mass is 19.3. The molecule has 1 unspecified atom stereocenters. The molecule has 9 heteroatoms. The maximum atomic E-state index is 12.4. The number of benzene rings is 2. The molecular formula is C20H23F2N2O5+. The van der Waals surface area contributed by atoms with E-state index in [1.807, 2.05) is 25.2 Å². The Bertz CT molecular complexity index is 863. The molecule has 2 aromatic rings. The van der Waals surface area contributed by atoms with Crippen molar-refractivity contribution in [3.63, 3.8) is 0 Å². The van der Waals surface area contributed by atoms with Crippen molar-refractivity contribution in [1.29, 1.82) is 0 Å². The third-order valence-electron chi connectivity index (χ3n) is 4.34. The van der Waals surface area contributed by atoms with Gasteiger partial charge in [0.25, 0.3) is 5.91 Å². The molecule has 0 saturated carbocycles. The summed E-state index contributed by atoms with van der Waals surface area (Å²) in [6, 6.07) is 10.3. The highest BCUT2D eigenvalue weighted by molar-refractivity contribution is 5.76. The van der Waals surface area contributed by atoms with Crippen molar-refractivity contribution in [3.8, 4) is 23.0 Å². The number of amides is 1. The fourth-order valence-electron chi connectivity index (χ4n) is 3.01. The predicted octanol–water partition coefficient (Wildman–Crippen LogP) is 1.36. The number of ether oxygens (including phenoxy) is 4. The van der Waals surface area contributed by atoms with E-state index in [1.165, 1.54) is 13.2 Å². The van der Waals surface area contributed by atoms with E-state index in [4.69, 9.17) is 14.2 Å². The number of quaternary nitrogens is 1. The summed E-state index contributed by atoms with van der Waals surface area (Å²) in [6.07, 6.45) is 0. The first-order valence-electron chi connectivity index (χ1n) is 9.03. The van der Waals surface area contributed by atoms with Crippen LogP contribution < -0.4 is 29.2 Å². The zero-order chi connectivity index (χ0) is 20.8. The number of halogens is 2. The second kappa shape index (κ2) is 9.42. The summed E-state index contributed by atoms with van der Waals surface area (Å²) in [4.78, 5) is 13.2. The van der Waals surface area contributed by atoms with Crippen LogP contribution in [0.2, 0.25) is 0 Å². The third kappa shape index (κ3) is 5.71. The van der Waals surface area contributed by atoms with Gasteiger partial charge in [-0.05, 0) is 35.9 Å². The van der Waals surface area contributed by atoms with Gasteiger partial charge in [0.2, 0.25) is 6.79 Å². The fraction of sp³-hybridized carbons (Fsp3) is 0.350. The molecule has 0 saturated heterocycles. The largest absolute Gasteiger partial charge is 0.493 e. The molecule has 29 heavy (non-hydrogen) atoms. The summed E-state index contributed by atoms with van der Waals surface area (Å²) in [5.74, 6) is 1.47.